The van der Waals surface area contributed by atoms with Crippen LogP contribution >= 0.6 is 11.6 Å². The molecule has 33 heavy (non-hydrogen) atoms. The van der Waals surface area contributed by atoms with Crippen LogP contribution in [0.5, 0.6) is 0 Å². The number of aliphatic hydroxyl groups excluding tert-OH is 1. The summed E-state index contributed by atoms with van der Waals surface area (Å²) in [6.45, 7) is 6.07. The second-order valence-electron chi connectivity index (χ2n) is 8.52. The molecule has 1 heterocycles. The zero-order valence-electron chi connectivity index (χ0n) is 18.3. The summed E-state index contributed by atoms with van der Waals surface area (Å²) >= 11 is 6.35. The third kappa shape index (κ3) is 4.72. The molecule has 0 amide bonds. The van der Waals surface area contributed by atoms with Crippen molar-refractivity contribution in [1.82, 2.24) is 0 Å². The van der Waals surface area contributed by atoms with E-state index in [1.54, 1.807) is 30.3 Å². The van der Waals surface area contributed by atoms with Crippen molar-refractivity contribution in [2.24, 2.45) is 22.9 Å². The smallest absolute Gasteiger partial charge is 0.123 e. The van der Waals surface area contributed by atoms with Crippen LogP contribution in [0.1, 0.15) is 36.9 Å². The van der Waals surface area contributed by atoms with Gasteiger partial charge in [0, 0.05) is 11.8 Å². The summed E-state index contributed by atoms with van der Waals surface area (Å²) in [5.74, 6) is -0.0204. The molecule has 0 aromatic heterocycles. The van der Waals surface area contributed by atoms with E-state index in [-0.39, 0.29) is 35.4 Å². The third-order valence-corrected chi connectivity index (χ3v) is 6.57. The maximum Gasteiger partial charge on any atom is 0.123 e. The van der Waals surface area contributed by atoms with Crippen LogP contribution < -0.4 is 5.01 Å². The summed E-state index contributed by atoms with van der Waals surface area (Å²) in [7, 11) is 0. The predicted molar refractivity (Wildman–Crippen MR) is 131 cm³/mol. The lowest BCUT2D eigenvalue weighted by Crippen LogP contribution is -2.28. The number of aliphatic hydroxyl groups is 1. The average Bonchev–Trinajstić information content (AvgIpc) is 3.17. The highest BCUT2D eigenvalue weighted by molar-refractivity contribution is 6.32. The molecule has 2 aromatic carbocycles. The molecule has 2 aromatic rings. The average molecular weight is 462 g/mol. The van der Waals surface area contributed by atoms with Crippen LogP contribution in [-0.4, -0.2) is 10.8 Å². The summed E-state index contributed by atoms with van der Waals surface area (Å²) in [4.78, 5) is 0. The van der Waals surface area contributed by atoms with Gasteiger partial charge in [-0.05, 0) is 66.8 Å². The summed E-state index contributed by atoms with van der Waals surface area (Å²) in [5.41, 5.74) is 3.02. The fraction of sp³-hybridized carbons (Fsp3) is 0.259. The number of nitriles is 1. The van der Waals surface area contributed by atoms with Crippen LogP contribution in [0.25, 0.3) is 0 Å². The maximum atomic E-state index is 13.7. The van der Waals surface area contributed by atoms with Gasteiger partial charge in [0.15, 0.2) is 0 Å². The first-order valence-corrected chi connectivity index (χ1v) is 11.3. The Morgan fingerprint density at radius 3 is 2.67 bits per heavy atom. The minimum Gasteiger partial charge on any atom is -0.508 e. The van der Waals surface area contributed by atoms with Gasteiger partial charge in [0.25, 0.3) is 0 Å². The van der Waals surface area contributed by atoms with Crippen molar-refractivity contribution >= 4 is 23.0 Å². The molecule has 6 heteroatoms. The van der Waals surface area contributed by atoms with Crippen LogP contribution in [0.4, 0.5) is 10.1 Å². The number of rotatable bonds is 3. The zero-order valence-corrected chi connectivity index (χ0v) is 19.1. The molecular formula is C27H25ClFN3O. The molecular weight excluding hydrogens is 437 g/mol. The number of halogens is 2. The first kappa shape index (κ1) is 22.8. The number of benzene rings is 2. The molecule has 4 unspecified atom stereocenters. The molecule has 4 atom stereocenters. The molecule has 168 valence electrons. The molecule has 1 N–H and O–H groups in total. The summed E-state index contributed by atoms with van der Waals surface area (Å²) < 4.78 is 13.7. The first-order chi connectivity index (χ1) is 15.9. The molecule has 4 rings (SSSR count). The van der Waals surface area contributed by atoms with E-state index in [1.165, 1.54) is 12.1 Å². The Morgan fingerprint density at radius 1 is 1.24 bits per heavy atom. The number of anilines is 1. The van der Waals surface area contributed by atoms with Gasteiger partial charge in [-0.1, -0.05) is 42.8 Å². The van der Waals surface area contributed by atoms with Gasteiger partial charge in [0.2, 0.25) is 0 Å². The second-order valence-corrected chi connectivity index (χ2v) is 8.92. The minimum absolute atomic E-state index is 0.0358. The van der Waals surface area contributed by atoms with E-state index in [0.29, 0.717) is 10.6 Å². The Balaban J connectivity index is 1.86. The number of hydrogen-bond acceptors (Lipinski definition) is 4. The Hall–Kier alpha value is -3.36. The largest absolute Gasteiger partial charge is 0.508 e. The molecule has 0 fully saturated rings. The highest BCUT2D eigenvalue weighted by atomic mass is 35.5. The molecule has 0 bridgehead atoms. The molecule has 1 aliphatic carbocycles. The van der Waals surface area contributed by atoms with Crippen molar-refractivity contribution < 1.29 is 9.50 Å². The van der Waals surface area contributed by atoms with E-state index in [9.17, 15) is 14.8 Å². The van der Waals surface area contributed by atoms with E-state index >= 15 is 0 Å². The van der Waals surface area contributed by atoms with Crippen LogP contribution in [-0.2, 0) is 0 Å². The molecule has 1 aliphatic heterocycles. The van der Waals surface area contributed by atoms with Crippen LogP contribution in [0.15, 0.2) is 84.2 Å². The van der Waals surface area contributed by atoms with Crippen LogP contribution in [0, 0.1) is 34.9 Å². The molecule has 0 saturated carbocycles. The Bertz CT molecular complexity index is 1180. The van der Waals surface area contributed by atoms with Gasteiger partial charge in [0.05, 0.1) is 28.0 Å². The molecule has 2 aliphatic rings. The van der Waals surface area contributed by atoms with Gasteiger partial charge in [-0.25, -0.2) is 4.39 Å². The standard InChI is InChI=1S/C27H25ClFN3O/c1-3-18-8-12-23(33)14-17(2)4-13-24-26(18)31-32(22-11-7-20(16-30)25(28)15-22)27(24)19-5-9-21(29)10-6-19/h3,5-12,14-15,17-18,24,27,33H,1,4,13H2,2H3/b12-8-,23-14+. The summed E-state index contributed by atoms with van der Waals surface area (Å²) in [6.07, 6.45) is 8.95. The number of hydrogen-bond donors (Lipinski definition) is 1. The van der Waals surface area contributed by atoms with E-state index in [0.717, 1.165) is 29.8 Å². The number of allylic oxidation sites excluding steroid dienone is 4. The van der Waals surface area contributed by atoms with Gasteiger partial charge >= 0.3 is 0 Å². The summed E-state index contributed by atoms with van der Waals surface area (Å²) in [5, 5.41) is 26.8. The van der Waals surface area contributed by atoms with Crippen LogP contribution in [0.2, 0.25) is 5.02 Å². The summed E-state index contributed by atoms with van der Waals surface area (Å²) in [6, 6.07) is 13.7. The number of fused-ring (bicyclic) bond motifs is 1. The number of nitrogens with zero attached hydrogens (tertiary/aromatic N) is 3. The van der Waals surface area contributed by atoms with Crippen molar-refractivity contribution in [2.75, 3.05) is 5.01 Å². The Labute approximate surface area is 198 Å². The molecule has 4 nitrogen and oxygen atoms in total. The van der Waals surface area contributed by atoms with Gasteiger partial charge in [-0.2, -0.15) is 10.4 Å². The SMILES string of the molecule is C=CC1/C=C\C(O)=C/C(C)CCC2C1=NN(c1ccc(C#N)c(Cl)c1)C2c1ccc(F)cc1. The van der Waals surface area contributed by atoms with Gasteiger partial charge < -0.3 is 5.11 Å². The van der Waals surface area contributed by atoms with E-state index in [2.05, 4.69) is 19.6 Å². The van der Waals surface area contributed by atoms with Crippen molar-refractivity contribution in [3.05, 3.63) is 101 Å². The Kier molecular flexibility index (Phi) is 6.67. The van der Waals surface area contributed by atoms with Crippen molar-refractivity contribution in [2.45, 2.75) is 25.8 Å². The van der Waals surface area contributed by atoms with E-state index in [4.69, 9.17) is 16.7 Å². The normalized spacial score (nSPS) is 27.5. The lowest BCUT2D eigenvalue weighted by molar-refractivity contribution is 0.413. The fourth-order valence-corrected chi connectivity index (χ4v) is 4.79. The van der Waals surface area contributed by atoms with Crippen molar-refractivity contribution in [1.29, 1.82) is 5.26 Å². The lowest BCUT2D eigenvalue weighted by Gasteiger charge is -2.30. The number of hydrazone groups is 1. The van der Waals surface area contributed by atoms with E-state index in [1.807, 2.05) is 29.3 Å². The topological polar surface area (TPSA) is 59.6 Å². The maximum absolute atomic E-state index is 13.7. The zero-order chi connectivity index (χ0) is 23.5. The highest BCUT2D eigenvalue weighted by Gasteiger charge is 2.41. The quantitative estimate of drug-likeness (QED) is 0.495. The molecule has 0 saturated heterocycles. The van der Waals surface area contributed by atoms with Gasteiger partial charge in [-0.3, -0.25) is 5.01 Å². The monoisotopic (exact) mass is 461 g/mol. The Morgan fingerprint density at radius 2 is 2.00 bits per heavy atom. The molecule has 0 spiro atoms. The lowest BCUT2D eigenvalue weighted by atomic mass is 9.79. The third-order valence-electron chi connectivity index (χ3n) is 6.25. The van der Waals surface area contributed by atoms with E-state index < -0.39 is 0 Å². The van der Waals surface area contributed by atoms with Crippen molar-refractivity contribution in [3.63, 3.8) is 0 Å². The highest BCUT2D eigenvalue weighted by Crippen LogP contribution is 2.44. The minimum atomic E-state index is -0.294. The fourth-order valence-electron chi connectivity index (χ4n) is 4.57. The first-order valence-electron chi connectivity index (χ1n) is 11.0. The van der Waals surface area contributed by atoms with Gasteiger partial charge in [-0.15, -0.1) is 6.58 Å². The second kappa shape index (κ2) is 9.64. The van der Waals surface area contributed by atoms with Crippen LogP contribution in [0.3, 0.4) is 0 Å². The predicted octanol–water partition coefficient (Wildman–Crippen LogP) is 7.11. The van der Waals surface area contributed by atoms with Gasteiger partial charge in [0.1, 0.15) is 17.6 Å². The molecule has 0 radical (unpaired) electrons. The van der Waals surface area contributed by atoms with Crippen molar-refractivity contribution in [3.8, 4) is 6.07 Å².